The van der Waals surface area contributed by atoms with Crippen LogP contribution in [-0.2, 0) is 6.61 Å². The quantitative estimate of drug-likeness (QED) is 0.381. The highest BCUT2D eigenvalue weighted by Gasteiger charge is 2.15. The number of halogens is 3. The molecule has 110 valence electrons. The first-order valence-corrected chi connectivity index (χ1v) is 6.66. The second-order valence-electron chi connectivity index (χ2n) is 4.10. The van der Waals surface area contributed by atoms with Crippen molar-refractivity contribution in [3.05, 3.63) is 63.6 Å². The summed E-state index contributed by atoms with van der Waals surface area (Å²) in [6, 6.07) is 8.82. The van der Waals surface area contributed by atoms with E-state index in [1.165, 1.54) is 18.2 Å². The number of ether oxygens (including phenoxy) is 1. The molecule has 0 saturated heterocycles. The van der Waals surface area contributed by atoms with Gasteiger partial charge in [0.1, 0.15) is 12.4 Å². The second kappa shape index (κ2) is 6.53. The number of oxime groups is 1. The minimum Gasteiger partial charge on any atom is -0.486 e. The third-order valence-electron chi connectivity index (χ3n) is 2.77. The molecule has 0 atom stereocenters. The summed E-state index contributed by atoms with van der Waals surface area (Å²) in [7, 11) is 0. The minimum atomic E-state index is -0.713. The predicted molar refractivity (Wildman–Crippen MR) is 77.3 cm³/mol. The molecule has 21 heavy (non-hydrogen) atoms. The van der Waals surface area contributed by atoms with Gasteiger partial charge in [0.25, 0.3) is 0 Å². The Morgan fingerprint density at radius 2 is 1.95 bits per heavy atom. The molecular weight excluding hydrogens is 346 g/mol. The van der Waals surface area contributed by atoms with Gasteiger partial charge >= 0.3 is 0 Å². The van der Waals surface area contributed by atoms with Crippen molar-refractivity contribution in [2.75, 3.05) is 0 Å². The molecule has 0 spiro atoms. The van der Waals surface area contributed by atoms with Gasteiger partial charge in [-0.3, -0.25) is 0 Å². The van der Waals surface area contributed by atoms with E-state index in [4.69, 9.17) is 15.7 Å². The van der Waals surface area contributed by atoms with Crippen molar-refractivity contribution in [1.82, 2.24) is 0 Å². The highest BCUT2D eigenvalue weighted by Crippen LogP contribution is 2.29. The topological polar surface area (TPSA) is 67.8 Å². The summed E-state index contributed by atoms with van der Waals surface area (Å²) in [5.74, 6) is -1.44. The molecule has 0 aromatic heterocycles. The number of hydrogen-bond acceptors (Lipinski definition) is 3. The molecule has 0 radical (unpaired) electrons. The average Bonchev–Trinajstić information content (AvgIpc) is 2.49. The molecule has 0 aliphatic rings. The molecule has 0 aliphatic heterocycles. The van der Waals surface area contributed by atoms with Crippen molar-refractivity contribution in [2.45, 2.75) is 6.61 Å². The van der Waals surface area contributed by atoms with Crippen molar-refractivity contribution < 1.29 is 18.7 Å². The van der Waals surface area contributed by atoms with Gasteiger partial charge in [-0.25, -0.2) is 8.78 Å². The Hall–Kier alpha value is -2.15. The van der Waals surface area contributed by atoms with E-state index in [-0.39, 0.29) is 28.2 Å². The van der Waals surface area contributed by atoms with Crippen LogP contribution in [0, 0.1) is 11.6 Å². The highest BCUT2D eigenvalue weighted by atomic mass is 79.9. The average molecular weight is 357 g/mol. The van der Waals surface area contributed by atoms with E-state index in [2.05, 4.69) is 21.1 Å². The molecule has 0 aliphatic carbocycles. The number of nitrogens with zero attached hydrogens (tertiary/aromatic N) is 1. The van der Waals surface area contributed by atoms with Gasteiger partial charge in [0.2, 0.25) is 0 Å². The Labute approximate surface area is 128 Å². The first-order chi connectivity index (χ1) is 10.0. The van der Waals surface area contributed by atoms with Gasteiger partial charge in [-0.05, 0) is 34.1 Å². The number of amidine groups is 1. The van der Waals surface area contributed by atoms with Gasteiger partial charge in [-0.15, -0.1) is 0 Å². The van der Waals surface area contributed by atoms with Gasteiger partial charge in [0.15, 0.2) is 17.4 Å². The van der Waals surface area contributed by atoms with Crippen LogP contribution in [-0.4, -0.2) is 11.0 Å². The van der Waals surface area contributed by atoms with E-state index in [0.717, 1.165) is 0 Å². The number of benzene rings is 2. The van der Waals surface area contributed by atoms with Gasteiger partial charge in [0.05, 0.1) is 4.47 Å². The maximum absolute atomic E-state index is 14.1. The fourth-order valence-electron chi connectivity index (χ4n) is 1.67. The zero-order valence-corrected chi connectivity index (χ0v) is 12.3. The molecule has 0 fully saturated rings. The minimum absolute atomic E-state index is 0.00355. The maximum atomic E-state index is 14.1. The van der Waals surface area contributed by atoms with Crippen molar-refractivity contribution in [3.8, 4) is 5.75 Å². The summed E-state index contributed by atoms with van der Waals surface area (Å²) in [5.41, 5.74) is 5.91. The smallest absolute Gasteiger partial charge is 0.179 e. The first kappa shape index (κ1) is 15.2. The molecule has 3 N–H and O–H groups in total. The Kier molecular flexibility index (Phi) is 4.74. The molecule has 2 rings (SSSR count). The first-order valence-electron chi connectivity index (χ1n) is 5.86. The summed E-state index contributed by atoms with van der Waals surface area (Å²) in [5, 5.41) is 11.4. The Morgan fingerprint density at radius 3 is 2.62 bits per heavy atom. The molecule has 0 heterocycles. The standard InChI is InChI=1S/C14H11BrF2N2O2/c15-12-9(14(18)19-20)5-6-11(13(12)17)21-7-8-3-1-2-4-10(8)16/h1-6,20H,7H2,(H2,18,19). The molecule has 7 heteroatoms. The fraction of sp³-hybridized carbons (Fsp3) is 0.0714. The Bertz CT molecular complexity index is 693. The van der Waals surface area contributed by atoms with Crippen molar-refractivity contribution in [2.24, 2.45) is 10.9 Å². The molecule has 0 saturated carbocycles. The third kappa shape index (κ3) is 3.30. The van der Waals surface area contributed by atoms with Crippen LogP contribution in [0.25, 0.3) is 0 Å². The molecule has 4 nitrogen and oxygen atoms in total. The van der Waals surface area contributed by atoms with Crippen LogP contribution in [0.1, 0.15) is 11.1 Å². The van der Waals surface area contributed by atoms with E-state index in [0.29, 0.717) is 5.56 Å². The fourth-order valence-corrected chi connectivity index (χ4v) is 2.20. The van der Waals surface area contributed by atoms with E-state index < -0.39 is 11.6 Å². The van der Waals surface area contributed by atoms with Gasteiger partial charge in [0, 0.05) is 11.1 Å². The number of hydrogen-bond donors (Lipinski definition) is 2. The Balaban J connectivity index is 2.22. The molecule has 0 bridgehead atoms. The van der Waals surface area contributed by atoms with E-state index >= 15 is 0 Å². The van der Waals surface area contributed by atoms with Crippen LogP contribution in [0.3, 0.4) is 0 Å². The Morgan fingerprint density at radius 1 is 1.24 bits per heavy atom. The van der Waals surface area contributed by atoms with E-state index in [9.17, 15) is 8.78 Å². The predicted octanol–water partition coefficient (Wildman–Crippen LogP) is 3.40. The highest BCUT2D eigenvalue weighted by molar-refractivity contribution is 9.10. The lowest BCUT2D eigenvalue weighted by atomic mass is 10.2. The second-order valence-corrected chi connectivity index (χ2v) is 4.90. The van der Waals surface area contributed by atoms with Gasteiger partial charge < -0.3 is 15.7 Å². The molecule has 2 aromatic rings. The number of rotatable bonds is 4. The van der Waals surface area contributed by atoms with Crippen LogP contribution >= 0.6 is 15.9 Å². The summed E-state index contributed by atoms with van der Waals surface area (Å²) in [4.78, 5) is 0. The van der Waals surface area contributed by atoms with Crippen molar-refractivity contribution in [1.29, 1.82) is 0 Å². The van der Waals surface area contributed by atoms with Crippen LogP contribution in [0.15, 0.2) is 46.0 Å². The summed E-state index contributed by atoms with van der Waals surface area (Å²) < 4.78 is 32.8. The van der Waals surface area contributed by atoms with Crippen molar-refractivity contribution >= 4 is 21.8 Å². The molecule has 0 amide bonds. The largest absolute Gasteiger partial charge is 0.486 e. The van der Waals surface area contributed by atoms with Gasteiger partial charge in [-0.2, -0.15) is 0 Å². The monoisotopic (exact) mass is 356 g/mol. The van der Waals surface area contributed by atoms with Crippen LogP contribution in [0.4, 0.5) is 8.78 Å². The van der Waals surface area contributed by atoms with E-state index in [1.54, 1.807) is 18.2 Å². The van der Waals surface area contributed by atoms with Crippen molar-refractivity contribution in [3.63, 3.8) is 0 Å². The lowest BCUT2D eigenvalue weighted by Crippen LogP contribution is -2.14. The summed E-state index contributed by atoms with van der Waals surface area (Å²) >= 11 is 3.01. The zero-order chi connectivity index (χ0) is 15.4. The summed E-state index contributed by atoms with van der Waals surface area (Å²) in [6.45, 7) is -0.112. The van der Waals surface area contributed by atoms with Crippen LogP contribution in [0.5, 0.6) is 5.75 Å². The molecular formula is C14H11BrF2N2O2. The van der Waals surface area contributed by atoms with E-state index in [1.807, 2.05) is 0 Å². The normalized spacial score (nSPS) is 11.5. The molecule has 0 unspecified atom stereocenters. The lowest BCUT2D eigenvalue weighted by Gasteiger charge is -2.11. The summed E-state index contributed by atoms with van der Waals surface area (Å²) in [6.07, 6.45) is 0. The lowest BCUT2D eigenvalue weighted by molar-refractivity contribution is 0.284. The molecule has 2 aromatic carbocycles. The third-order valence-corrected chi connectivity index (χ3v) is 3.55. The zero-order valence-electron chi connectivity index (χ0n) is 10.7. The van der Waals surface area contributed by atoms with Crippen LogP contribution < -0.4 is 10.5 Å². The van der Waals surface area contributed by atoms with Crippen LogP contribution in [0.2, 0.25) is 0 Å². The SMILES string of the molecule is N/C(=N/O)c1ccc(OCc2ccccc2F)c(F)c1Br. The maximum Gasteiger partial charge on any atom is 0.179 e. The van der Waals surface area contributed by atoms with Gasteiger partial charge in [-0.1, -0.05) is 23.4 Å². The number of nitrogens with two attached hydrogens (primary N) is 1.